The first kappa shape index (κ1) is 14.4. The van der Waals surface area contributed by atoms with E-state index in [9.17, 15) is 9.18 Å². The van der Waals surface area contributed by atoms with Crippen molar-refractivity contribution in [1.29, 1.82) is 0 Å². The normalized spacial score (nSPS) is 14.5. The van der Waals surface area contributed by atoms with Crippen LogP contribution < -0.4 is 5.32 Å². The van der Waals surface area contributed by atoms with Crippen molar-refractivity contribution in [3.63, 3.8) is 0 Å². The van der Waals surface area contributed by atoms with Crippen molar-refractivity contribution < 1.29 is 9.18 Å². The van der Waals surface area contributed by atoms with Gasteiger partial charge in [-0.2, -0.15) is 0 Å². The third kappa shape index (κ3) is 2.50. The number of fused-ring (bicyclic) bond motifs is 1. The fourth-order valence-electron chi connectivity index (χ4n) is 2.89. The quantitative estimate of drug-likeness (QED) is 0.664. The van der Waals surface area contributed by atoms with Crippen LogP contribution in [0, 0.1) is 5.82 Å². The molecule has 24 heavy (non-hydrogen) atoms. The van der Waals surface area contributed by atoms with Crippen molar-refractivity contribution in [2.45, 2.75) is 0 Å². The summed E-state index contributed by atoms with van der Waals surface area (Å²) in [6.45, 7) is 0. The van der Waals surface area contributed by atoms with E-state index in [2.05, 4.69) is 17.4 Å². The third-order valence-corrected chi connectivity index (χ3v) is 4.12. The monoisotopic (exact) mass is 315 g/mol. The first-order valence-electron chi connectivity index (χ1n) is 7.70. The molecule has 3 aromatic rings. The molecule has 0 atom stereocenters. The second-order valence-corrected chi connectivity index (χ2v) is 5.66. The number of rotatable bonds is 2. The van der Waals surface area contributed by atoms with Crippen LogP contribution in [-0.2, 0) is 4.79 Å². The van der Waals surface area contributed by atoms with Crippen LogP contribution in [0.3, 0.4) is 0 Å². The molecule has 0 spiro atoms. The minimum Gasteiger partial charge on any atom is -0.319 e. The Morgan fingerprint density at radius 3 is 2.25 bits per heavy atom. The molecule has 3 heteroatoms. The van der Waals surface area contributed by atoms with Gasteiger partial charge in [-0.25, -0.2) is 4.39 Å². The highest BCUT2D eigenvalue weighted by Gasteiger charge is 2.26. The van der Waals surface area contributed by atoms with Crippen LogP contribution in [0.1, 0.15) is 11.1 Å². The molecule has 1 N–H and O–H groups in total. The fraction of sp³-hybridized carbons (Fsp3) is 0. The number of nitrogens with one attached hydrogen (secondary N) is 1. The molecule has 0 unspecified atom stereocenters. The Balaban J connectivity index is 1.70. The summed E-state index contributed by atoms with van der Waals surface area (Å²) in [6, 6.07) is 22.7. The smallest absolute Gasteiger partial charge is 0.256 e. The number of hydrogen-bond donors (Lipinski definition) is 1. The zero-order chi connectivity index (χ0) is 16.5. The topological polar surface area (TPSA) is 29.1 Å². The number of benzene rings is 3. The van der Waals surface area contributed by atoms with E-state index < -0.39 is 5.82 Å². The van der Waals surface area contributed by atoms with E-state index >= 15 is 0 Å². The highest BCUT2D eigenvalue weighted by Crippen LogP contribution is 2.35. The van der Waals surface area contributed by atoms with Crippen LogP contribution in [0.25, 0.3) is 22.8 Å². The van der Waals surface area contributed by atoms with Gasteiger partial charge in [0.2, 0.25) is 0 Å². The molecule has 0 bridgehead atoms. The zero-order valence-corrected chi connectivity index (χ0v) is 12.8. The second kappa shape index (κ2) is 5.78. The lowest BCUT2D eigenvalue weighted by molar-refractivity contribution is -0.110. The number of anilines is 1. The van der Waals surface area contributed by atoms with E-state index in [0.29, 0.717) is 11.1 Å². The Kier molecular flexibility index (Phi) is 3.47. The van der Waals surface area contributed by atoms with Gasteiger partial charge in [0.1, 0.15) is 5.82 Å². The Bertz CT molecular complexity index is 943. The van der Waals surface area contributed by atoms with Crippen LogP contribution in [-0.4, -0.2) is 5.91 Å². The van der Waals surface area contributed by atoms with E-state index in [-0.39, 0.29) is 11.6 Å². The molecule has 4 rings (SSSR count). The lowest BCUT2D eigenvalue weighted by Gasteiger charge is -2.03. The summed E-state index contributed by atoms with van der Waals surface area (Å²) in [5.74, 6) is -0.689. The summed E-state index contributed by atoms with van der Waals surface area (Å²) in [6.07, 6.45) is 1.79. The first-order valence-corrected chi connectivity index (χ1v) is 7.70. The Hall–Kier alpha value is -3.20. The van der Waals surface area contributed by atoms with Crippen molar-refractivity contribution in [1.82, 2.24) is 0 Å². The Morgan fingerprint density at radius 1 is 0.792 bits per heavy atom. The number of halogens is 1. The van der Waals surface area contributed by atoms with Crippen LogP contribution >= 0.6 is 0 Å². The molecule has 1 aliphatic rings. The van der Waals surface area contributed by atoms with Crippen molar-refractivity contribution in [2.75, 3.05) is 5.32 Å². The molecule has 0 saturated carbocycles. The number of amides is 1. The third-order valence-electron chi connectivity index (χ3n) is 4.12. The Labute approximate surface area is 139 Å². The highest BCUT2D eigenvalue weighted by atomic mass is 19.1. The van der Waals surface area contributed by atoms with Gasteiger partial charge in [0, 0.05) is 11.1 Å². The van der Waals surface area contributed by atoms with E-state index in [0.717, 1.165) is 16.7 Å². The van der Waals surface area contributed by atoms with Crippen LogP contribution in [0.15, 0.2) is 72.8 Å². The number of hydrogen-bond acceptors (Lipinski definition) is 1. The molecule has 1 aliphatic heterocycles. The molecule has 1 heterocycles. The molecule has 0 saturated heterocycles. The summed E-state index contributed by atoms with van der Waals surface area (Å²) in [4.78, 5) is 12.1. The van der Waals surface area contributed by atoms with E-state index in [4.69, 9.17) is 0 Å². The van der Waals surface area contributed by atoms with Gasteiger partial charge in [0.15, 0.2) is 0 Å². The lowest BCUT2D eigenvalue weighted by Crippen LogP contribution is -2.04. The van der Waals surface area contributed by atoms with Gasteiger partial charge in [-0.15, -0.1) is 0 Å². The minimum absolute atomic E-state index is 0.259. The number of carbonyl (C=O) groups excluding carboxylic acids is 1. The summed E-state index contributed by atoms with van der Waals surface area (Å²) in [5.41, 5.74) is 4.50. The van der Waals surface area contributed by atoms with Crippen molar-refractivity contribution in [3.8, 4) is 11.1 Å². The summed E-state index contributed by atoms with van der Waals surface area (Å²) in [7, 11) is 0. The summed E-state index contributed by atoms with van der Waals surface area (Å²) < 4.78 is 13.8. The first-order chi connectivity index (χ1) is 11.7. The Morgan fingerprint density at radius 2 is 1.50 bits per heavy atom. The predicted octanol–water partition coefficient (Wildman–Crippen LogP) is 4.99. The molecule has 2 nitrogen and oxygen atoms in total. The van der Waals surface area contributed by atoms with Gasteiger partial charge in [-0.05, 0) is 28.8 Å². The van der Waals surface area contributed by atoms with Gasteiger partial charge in [0.25, 0.3) is 5.91 Å². The molecular weight excluding hydrogens is 301 g/mol. The average Bonchev–Trinajstić information content (AvgIpc) is 2.94. The van der Waals surface area contributed by atoms with Gasteiger partial charge < -0.3 is 5.32 Å². The van der Waals surface area contributed by atoms with Gasteiger partial charge in [-0.3, -0.25) is 4.79 Å². The average molecular weight is 315 g/mol. The molecule has 0 radical (unpaired) electrons. The molecule has 0 aliphatic carbocycles. The fourth-order valence-corrected chi connectivity index (χ4v) is 2.89. The minimum atomic E-state index is -0.413. The summed E-state index contributed by atoms with van der Waals surface area (Å²) >= 11 is 0. The number of carbonyl (C=O) groups is 1. The van der Waals surface area contributed by atoms with E-state index in [1.165, 1.54) is 6.07 Å². The highest BCUT2D eigenvalue weighted by molar-refractivity contribution is 6.34. The van der Waals surface area contributed by atoms with Crippen LogP contribution in [0.4, 0.5) is 10.1 Å². The zero-order valence-electron chi connectivity index (χ0n) is 12.8. The maximum Gasteiger partial charge on any atom is 0.256 e. The summed E-state index contributed by atoms with van der Waals surface area (Å²) in [5, 5.41) is 2.59. The van der Waals surface area contributed by atoms with Crippen molar-refractivity contribution in [3.05, 3.63) is 89.7 Å². The van der Waals surface area contributed by atoms with Crippen molar-refractivity contribution >= 4 is 23.2 Å². The van der Waals surface area contributed by atoms with Gasteiger partial charge >= 0.3 is 0 Å². The molecular formula is C21H14FNO. The molecule has 3 aromatic carbocycles. The van der Waals surface area contributed by atoms with E-state index in [1.807, 2.05) is 42.5 Å². The maximum atomic E-state index is 13.8. The van der Waals surface area contributed by atoms with Crippen molar-refractivity contribution in [2.24, 2.45) is 0 Å². The SMILES string of the molecule is O=C1Nc2c(F)cccc2C1=Cc1ccc(-c2ccccc2)cc1. The maximum absolute atomic E-state index is 13.8. The van der Waals surface area contributed by atoms with Crippen LogP contribution in [0.2, 0.25) is 0 Å². The lowest BCUT2D eigenvalue weighted by atomic mass is 10.0. The molecule has 0 fully saturated rings. The number of para-hydroxylation sites is 1. The predicted molar refractivity (Wildman–Crippen MR) is 94.8 cm³/mol. The molecule has 116 valence electrons. The second-order valence-electron chi connectivity index (χ2n) is 5.66. The van der Waals surface area contributed by atoms with Crippen LogP contribution in [0.5, 0.6) is 0 Å². The van der Waals surface area contributed by atoms with E-state index in [1.54, 1.807) is 18.2 Å². The van der Waals surface area contributed by atoms with Gasteiger partial charge in [0.05, 0.1) is 5.69 Å². The molecule has 1 amide bonds. The van der Waals surface area contributed by atoms with Gasteiger partial charge in [-0.1, -0.05) is 66.7 Å². The standard InChI is InChI=1S/C21H14FNO/c22-19-8-4-7-17-18(21(24)23-20(17)19)13-14-9-11-16(12-10-14)15-5-2-1-3-6-15/h1-13H,(H,23,24). The molecule has 0 aromatic heterocycles. The largest absolute Gasteiger partial charge is 0.319 e.